The molecule has 0 spiro atoms. The first-order valence-corrected chi connectivity index (χ1v) is 10.9. The molecule has 0 bridgehead atoms. The largest absolute Gasteiger partial charge is 0.382 e. The van der Waals surface area contributed by atoms with Crippen molar-refractivity contribution in [1.82, 2.24) is 24.8 Å². The fourth-order valence-electron chi connectivity index (χ4n) is 4.19. The molecule has 158 valence electrons. The van der Waals surface area contributed by atoms with E-state index in [0.29, 0.717) is 11.9 Å². The highest BCUT2D eigenvalue weighted by Gasteiger charge is 2.16. The Morgan fingerprint density at radius 1 is 1.10 bits per heavy atom. The number of fused-ring (bicyclic) bond motifs is 1. The van der Waals surface area contributed by atoms with E-state index >= 15 is 0 Å². The van der Waals surface area contributed by atoms with Crippen LogP contribution in [0, 0.1) is 5.92 Å². The molecule has 0 radical (unpaired) electrons. The third-order valence-corrected chi connectivity index (χ3v) is 6.10. The minimum absolute atomic E-state index is 0.610. The summed E-state index contributed by atoms with van der Waals surface area (Å²) in [5, 5.41) is 14.9. The molecule has 1 unspecified atom stereocenters. The van der Waals surface area contributed by atoms with E-state index in [1.807, 2.05) is 16.8 Å². The number of anilines is 4. The average molecular weight is 407 g/mol. The number of piperazine rings is 1. The Balaban J connectivity index is 1.26. The second kappa shape index (κ2) is 8.49. The zero-order chi connectivity index (χ0) is 20.3. The van der Waals surface area contributed by atoms with Crippen molar-refractivity contribution in [2.75, 3.05) is 68.4 Å². The van der Waals surface area contributed by atoms with Gasteiger partial charge in [0.1, 0.15) is 0 Å². The molecule has 1 atom stereocenters. The molecule has 2 fully saturated rings. The summed E-state index contributed by atoms with van der Waals surface area (Å²) in [4.78, 5) is 9.53. The van der Waals surface area contributed by atoms with Gasteiger partial charge in [-0.1, -0.05) is 0 Å². The van der Waals surface area contributed by atoms with E-state index in [2.05, 4.69) is 68.2 Å². The van der Waals surface area contributed by atoms with Gasteiger partial charge in [0.05, 0.1) is 5.69 Å². The highest BCUT2D eigenvalue weighted by Crippen LogP contribution is 2.23. The summed E-state index contributed by atoms with van der Waals surface area (Å²) in [6.07, 6.45) is 3.16. The molecule has 3 aromatic rings. The smallest absolute Gasteiger partial charge is 0.247 e. The Labute approximate surface area is 177 Å². The summed E-state index contributed by atoms with van der Waals surface area (Å²) in [6.45, 7) is 7.52. The summed E-state index contributed by atoms with van der Waals surface area (Å²) in [7, 11) is 2.18. The Hall–Kier alpha value is -2.84. The SMILES string of the molecule is CN1CCN(c2ccc(Nc3nc4c(NCC5CCNC5)cccn4n3)cc2)CC1. The number of pyridine rings is 1. The zero-order valence-electron chi connectivity index (χ0n) is 17.5. The molecule has 8 nitrogen and oxygen atoms in total. The third-order valence-electron chi connectivity index (χ3n) is 6.10. The Morgan fingerprint density at radius 3 is 2.70 bits per heavy atom. The van der Waals surface area contributed by atoms with E-state index in [1.54, 1.807) is 0 Å². The molecule has 3 N–H and O–H groups in total. The number of hydrogen-bond donors (Lipinski definition) is 3. The maximum absolute atomic E-state index is 4.72. The summed E-state index contributed by atoms with van der Waals surface area (Å²) < 4.78 is 1.83. The second-order valence-corrected chi connectivity index (χ2v) is 8.33. The molecule has 8 heteroatoms. The van der Waals surface area contributed by atoms with Crippen LogP contribution in [0.3, 0.4) is 0 Å². The monoisotopic (exact) mass is 406 g/mol. The number of hydrogen-bond acceptors (Lipinski definition) is 7. The molecule has 2 aliphatic rings. The van der Waals surface area contributed by atoms with Crippen molar-refractivity contribution < 1.29 is 0 Å². The second-order valence-electron chi connectivity index (χ2n) is 8.33. The van der Waals surface area contributed by atoms with Crippen LogP contribution >= 0.6 is 0 Å². The van der Waals surface area contributed by atoms with Crippen LogP contribution in [-0.2, 0) is 0 Å². The minimum atomic E-state index is 0.610. The van der Waals surface area contributed by atoms with Crippen LogP contribution in [-0.4, -0.2) is 72.4 Å². The number of rotatable bonds is 6. The van der Waals surface area contributed by atoms with Crippen LogP contribution in [0.25, 0.3) is 5.65 Å². The summed E-state index contributed by atoms with van der Waals surface area (Å²) in [6, 6.07) is 12.6. The normalized spacial score (nSPS) is 20.0. The quantitative estimate of drug-likeness (QED) is 0.580. The number of benzene rings is 1. The van der Waals surface area contributed by atoms with E-state index in [1.165, 1.54) is 12.1 Å². The molecule has 0 saturated carbocycles. The van der Waals surface area contributed by atoms with Crippen molar-refractivity contribution in [2.45, 2.75) is 6.42 Å². The average Bonchev–Trinajstić information content (AvgIpc) is 3.43. The molecule has 0 amide bonds. The lowest BCUT2D eigenvalue weighted by molar-refractivity contribution is 0.313. The van der Waals surface area contributed by atoms with Crippen LogP contribution in [0.2, 0.25) is 0 Å². The van der Waals surface area contributed by atoms with E-state index < -0.39 is 0 Å². The molecule has 30 heavy (non-hydrogen) atoms. The Morgan fingerprint density at radius 2 is 1.93 bits per heavy atom. The van der Waals surface area contributed by atoms with Gasteiger partial charge < -0.3 is 25.8 Å². The first kappa shape index (κ1) is 19.1. The third kappa shape index (κ3) is 4.20. The number of aromatic nitrogens is 3. The van der Waals surface area contributed by atoms with Gasteiger partial charge in [-0.3, -0.25) is 0 Å². The highest BCUT2D eigenvalue weighted by molar-refractivity contribution is 5.69. The van der Waals surface area contributed by atoms with E-state index in [0.717, 1.165) is 62.8 Å². The van der Waals surface area contributed by atoms with Crippen molar-refractivity contribution in [1.29, 1.82) is 0 Å². The number of nitrogens with zero attached hydrogens (tertiary/aromatic N) is 5. The van der Waals surface area contributed by atoms with Crippen LogP contribution in [0.5, 0.6) is 0 Å². The molecule has 2 aromatic heterocycles. The van der Waals surface area contributed by atoms with Crippen LogP contribution in [0.4, 0.5) is 23.0 Å². The van der Waals surface area contributed by atoms with Crippen LogP contribution in [0.15, 0.2) is 42.6 Å². The van der Waals surface area contributed by atoms with Crippen LogP contribution in [0.1, 0.15) is 6.42 Å². The van der Waals surface area contributed by atoms with Crippen molar-refractivity contribution in [3.05, 3.63) is 42.6 Å². The van der Waals surface area contributed by atoms with E-state index in [9.17, 15) is 0 Å². The summed E-state index contributed by atoms with van der Waals surface area (Å²) in [5.41, 5.74) is 4.13. The van der Waals surface area contributed by atoms with Gasteiger partial charge >= 0.3 is 0 Å². The summed E-state index contributed by atoms with van der Waals surface area (Å²) in [5.74, 6) is 1.28. The lowest BCUT2D eigenvalue weighted by Crippen LogP contribution is -2.44. The lowest BCUT2D eigenvalue weighted by atomic mass is 10.1. The fourth-order valence-corrected chi connectivity index (χ4v) is 4.19. The molecular weight excluding hydrogens is 376 g/mol. The number of likely N-dealkylation sites (N-methyl/N-ethyl adjacent to an activating group) is 1. The Bertz CT molecular complexity index is 968. The summed E-state index contributed by atoms with van der Waals surface area (Å²) >= 11 is 0. The van der Waals surface area contributed by atoms with Gasteiger partial charge in [0.15, 0.2) is 5.65 Å². The van der Waals surface area contributed by atoms with E-state index in [-0.39, 0.29) is 0 Å². The molecule has 5 rings (SSSR count). The van der Waals surface area contributed by atoms with Gasteiger partial charge in [0.2, 0.25) is 5.95 Å². The molecule has 0 aliphatic carbocycles. The molecule has 2 saturated heterocycles. The number of nitrogens with one attached hydrogen (secondary N) is 3. The first-order chi connectivity index (χ1) is 14.7. The van der Waals surface area contributed by atoms with Gasteiger partial charge in [-0.2, -0.15) is 4.98 Å². The topological polar surface area (TPSA) is 72.8 Å². The van der Waals surface area contributed by atoms with Gasteiger partial charge in [0, 0.05) is 50.3 Å². The molecular formula is C22H30N8. The minimum Gasteiger partial charge on any atom is -0.382 e. The van der Waals surface area contributed by atoms with E-state index in [4.69, 9.17) is 4.98 Å². The standard InChI is InChI=1S/C22H30N8/c1-28-11-13-29(14-12-28)19-6-4-18(5-7-19)25-22-26-21-20(3-2-10-30(21)27-22)24-16-17-8-9-23-15-17/h2-7,10,17,23-24H,8-9,11-16H2,1H3,(H,25,27). The first-order valence-electron chi connectivity index (χ1n) is 10.9. The zero-order valence-corrected chi connectivity index (χ0v) is 17.5. The maximum Gasteiger partial charge on any atom is 0.247 e. The van der Waals surface area contributed by atoms with Crippen LogP contribution < -0.4 is 20.9 Å². The molecule has 1 aromatic carbocycles. The molecule has 2 aliphatic heterocycles. The molecule has 4 heterocycles. The van der Waals surface area contributed by atoms with Gasteiger partial charge in [-0.05, 0) is 68.9 Å². The maximum atomic E-state index is 4.72. The van der Waals surface area contributed by atoms with Crippen molar-refractivity contribution in [3.63, 3.8) is 0 Å². The predicted molar refractivity (Wildman–Crippen MR) is 122 cm³/mol. The Kier molecular flexibility index (Phi) is 5.42. The predicted octanol–water partition coefficient (Wildman–Crippen LogP) is 2.25. The van der Waals surface area contributed by atoms with Gasteiger partial charge in [-0.15, -0.1) is 5.10 Å². The van der Waals surface area contributed by atoms with Crippen molar-refractivity contribution >= 4 is 28.7 Å². The van der Waals surface area contributed by atoms with Crippen molar-refractivity contribution in [3.8, 4) is 0 Å². The highest BCUT2D eigenvalue weighted by atomic mass is 15.4. The fraction of sp³-hybridized carbons (Fsp3) is 0.455. The van der Waals surface area contributed by atoms with Gasteiger partial charge in [0.25, 0.3) is 0 Å². The van der Waals surface area contributed by atoms with Gasteiger partial charge in [-0.25, -0.2) is 4.52 Å². The lowest BCUT2D eigenvalue weighted by Gasteiger charge is -2.34. The van der Waals surface area contributed by atoms with Crippen molar-refractivity contribution in [2.24, 2.45) is 5.92 Å².